The summed E-state index contributed by atoms with van der Waals surface area (Å²) in [5.74, 6) is 0.446. The number of phenolic OH excluding ortho intramolecular Hbond substituents is 1. The van der Waals surface area contributed by atoms with Crippen LogP contribution in [0.2, 0.25) is 0 Å². The van der Waals surface area contributed by atoms with Crippen LogP contribution in [0, 0.1) is 11.3 Å². The van der Waals surface area contributed by atoms with Gasteiger partial charge in [0, 0.05) is 26.3 Å². The Morgan fingerprint density at radius 3 is 2.91 bits per heavy atom. The van der Waals surface area contributed by atoms with E-state index in [1.54, 1.807) is 18.2 Å². The molecule has 3 N–H and O–H groups in total. The summed E-state index contributed by atoms with van der Waals surface area (Å²) in [6.07, 6.45) is 4.87. The molecule has 2 aromatic rings. The SMILES string of the molecule is CC(CNCCCNc1cccc(C#N)c1O)c1cnn(C)c1. The zero-order valence-corrected chi connectivity index (χ0v) is 13.6. The van der Waals surface area contributed by atoms with Crippen molar-refractivity contribution in [2.45, 2.75) is 19.3 Å². The van der Waals surface area contributed by atoms with Crippen molar-refractivity contribution in [1.82, 2.24) is 15.1 Å². The van der Waals surface area contributed by atoms with E-state index in [1.165, 1.54) is 5.56 Å². The Bertz CT molecular complexity index is 674. The number of benzene rings is 1. The van der Waals surface area contributed by atoms with E-state index < -0.39 is 0 Å². The molecule has 0 radical (unpaired) electrons. The zero-order valence-electron chi connectivity index (χ0n) is 13.6. The molecule has 1 unspecified atom stereocenters. The molecule has 0 aliphatic rings. The van der Waals surface area contributed by atoms with E-state index in [4.69, 9.17) is 5.26 Å². The predicted octanol–water partition coefficient (Wildman–Crippen LogP) is 2.19. The lowest BCUT2D eigenvalue weighted by atomic mass is 10.1. The molecule has 1 aromatic heterocycles. The first-order valence-corrected chi connectivity index (χ1v) is 7.77. The number of nitriles is 1. The molecule has 1 aromatic carbocycles. The molecule has 0 fully saturated rings. The molecule has 1 atom stereocenters. The van der Waals surface area contributed by atoms with E-state index in [-0.39, 0.29) is 5.75 Å². The van der Waals surface area contributed by atoms with Gasteiger partial charge in [-0.25, -0.2) is 0 Å². The van der Waals surface area contributed by atoms with Crippen molar-refractivity contribution < 1.29 is 5.11 Å². The van der Waals surface area contributed by atoms with Gasteiger partial charge in [0.1, 0.15) is 6.07 Å². The Hall–Kier alpha value is -2.52. The van der Waals surface area contributed by atoms with E-state index in [9.17, 15) is 5.11 Å². The second-order valence-electron chi connectivity index (χ2n) is 5.65. The van der Waals surface area contributed by atoms with E-state index in [2.05, 4.69) is 22.7 Å². The molecule has 23 heavy (non-hydrogen) atoms. The smallest absolute Gasteiger partial charge is 0.156 e. The van der Waals surface area contributed by atoms with Crippen LogP contribution in [0.15, 0.2) is 30.6 Å². The molecule has 0 saturated carbocycles. The maximum absolute atomic E-state index is 9.88. The van der Waals surface area contributed by atoms with Crippen molar-refractivity contribution in [2.75, 3.05) is 25.0 Å². The standard InChI is InChI=1S/C17H23N5O/c1-13(15-11-21-22(2)12-15)10-19-7-4-8-20-16-6-3-5-14(9-18)17(16)23/h3,5-6,11-13,19-20,23H,4,7-8,10H2,1-2H3. The second kappa shape index (κ2) is 8.20. The molecule has 0 saturated heterocycles. The van der Waals surface area contributed by atoms with Crippen molar-refractivity contribution in [3.63, 3.8) is 0 Å². The Kier molecular flexibility index (Phi) is 6.01. The molecular weight excluding hydrogens is 290 g/mol. The van der Waals surface area contributed by atoms with Crippen LogP contribution in [0.25, 0.3) is 0 Å². The molecule has 0 bridgehead atoms. The van der Waals surface area contributed by atoms with Gasteiger partial charge in [-0.2, -0.15) is 10.4 Å². The lowest BCUT2D eigenvalue weighted by Gasteiger charge is -2.12. The Morgan fingerprint density at radius 1 is 1.39 bits per heavy atom. The van der Waals surface area contributed by atoms with Crippen molar-refractivity contribution in [3.05, 3.63) is 41.7 Å². The monoisotopic (exact) mass is 313 g/mol. The number of nitrogens with one attached hydrogen (secondary N) is 2. The lowest BCUT2D eigenvalue weighted by molar-refractivity contribution is 0.475. The molecule has 6 heteroatoms. The second-order valence-corrected chi connectivity index (χ2v) is 5.65. The molecule has 0 aliphatic carbocycles. The van der Waals surface area contributed by atoms with Crippen LogP contribution in [0.1, 0.15) is 30.4 Å². The first kappa shape index (κ1) is 16.8. The van der Waals surface area contributed by atoms with Gasteiger partial charge in [0.05, 0.1) is 17.4 Å². The lowest BCUT2D eigenvalue weighted by Crippen LogP contribution is -2.22. The predicted molar refractivity (Wildman–Crippen MR) is 90.4 cm³/mol. The molecule has 1 heterocycles. The van der Waals surface area contributed by atoms with Crippen LogP contribution in [0.3, 0.4) is 0 Å². The number of phenols is 1. The summed E-state index contributed by atoms with van der Waals surface area (Å²) < 4.78 is 1.82. The quantitative estimate of drug-likeness (QED) is 0.514. The fourth-order valence-corrected chi connectivity index (χ4v) is 2.34. The summed E-state index contributed by atoms with van der Waals surface area (Å²) >= 11 is 0. The van der Waals surface area contributed by atoms with Gasteiger partial charge in [-0.05, 0) is 36.6 Å². The first-order chi connectivity index (χ1) is 11.1. The molecule has 0 spiro atoms. The van der Waals surface area contributed by atoms with Gasteiger partial charge >= 0.3 is 0 Å². The van der Waals surface area contributed by atoms with Gasteiger partial charge in [-0.15, -0.1) is 0 Å². The van der Waals surface area contributed by atoms with Crippen LogP contribution in [-0.2, 0) is 7.05 Å². The third-order valence-corrected chi connectivity index (χ3v) is 3.75. The number of hydrogen-bond donors (Lipinski definition) is 3. The fraction of sp³-hybridized carbons (Fsp3) is 0.412. The number of rotatable bonds is 8. The summed E-state index contributed by atoms with van der Waals surface area (Å²) in [7, 11) is 1.92. The minimum absolute atomic E-state index is 0.0214. The Morgan fingerprint density at radius 2 is 2.22 bits per heavy atom. The van der Waals surface area contributed by atoms with E-state index in [1.807, 2.05) is 30.2 Å². The maximum Gasteiger partial charge on any atom is 0.156 e. The van der Waals surface area contributed by atoms with E-state index in [0.717, 1.165) is 26.1 Å². The largest absolute Gasteiger partial charge is 0.504 e. The number of hydrogen-bond acceptors (Lipinski definition) is 5. The zero-order chi connectivity index (χ0) is 16.7. The van der Waals surface area contributed by atoms with Gasteiger partial charge in [-0.3, -0.25) is 4.68 Å². The first-order valence-electron chi connectivity index (χ1n) is 7.77. The van der Waals surface area contributed by atoms with Gasteiger partial charge in [0.25, 0.3) is 0 Å². The molecule has 0 aliphatic heterocycles. The average Bonchev–Trinajstić information content (AvgIpc) is 2.98. The number of para-hydroxylation sites is 1. The van der Waals surface area contributed by atoms with Crippen LogP contribution < -0.4 is 10.6 Å². The fourth-order valence-electron chi connectivity index (χ4n) is 2.34. The van der Waals surface area contributed by atoms with Crippen LogP contribution in [0.4, 0.5) is 5.69 Å². The van der Waals surface area contributed by atoms with Crippen LogP contribution in [0.5, 0.6) is 5.75 Å². The molecule has 6 nitrogen and oxygen atoms in total. The van der Waals surface area contributed by atoms with Crippen molar-refractivity contribution in [1.29, 1.82) is 5.26 Å². The maximum atomic E-state index is 9.88. The number of nitrogens with zero attached hydrogens (tertiary/aromatic N) is 3. The van der Waals surface area contributed by atoms with Crippen molar-refractivity contribution >= 4 is 5.69 Å². The highest BCUT2D eigenvalue weighted by Gasteiger charge is 2.07. The Labute approximate surface area is 136 Å². The highest BCUT2D eigenvalue weighted by atomic mass is 16.3. The molecule has 2 rings (SSSR count). The van der Waals surface area contributed by atoms with Gasteiger partial charge in [0.15, 0.2) is 5.75 Å². The van der Waals surface area contributed by atoms with Crippen LogP contribution in [-0.4, -0.2) is 34.5 Å². The normalized spacial score (nSPS) is 11.9. The number of anilines is 1. The van der Waals surface area contributed by atoms with E-state index in [0.29, 0.717) is 17.2 Å². The molecule has 122 valence electrons. The number of aromatic nitrogens is 2. The number of aromatic hydroxyl groups is 1. The summed E-state index contributed by atoms with van der Waals surface area (Å²) in [4.78, 5) is 0. The third kappa shape index (κ3) is 4.73. The van der Waals surface area contributed by atoms with Gasteiger partial charge < -0.3 is 15.7 Å². The topological polar surface area (TPSA) is 85.9 Å². The third-order valence-electron chi connectivity index (χ3n) is 3.75. The van der Waals surface area contributed by atoms with Crippen molar-refractivity contribution in [2.24, 2.45) is 7.05 Å². The summed E-state index contributed by atoms with van der Waals surface area (Å²) in [5.41, 5.74) is 2.13. The molecular formula is C17H23N5O. The van der Waals surface area contributed by atoms with Crippen LogP contribution >= 0.6 is 0 Å². The van der Waals surface area contributed by atoms with Crippen molar-refractivity contribution in [3.8, 4) is 11.8 Å². The number of aryl methyl sites for hydroxylation is 1. The van der Waals surface area contributed by atoms with E-state index >= 15 is 0 Å². The Balaban J connectivity index is 1.66. The molecule has 0 amide bonds. The minimum atomic E-state index is 0.0214. The average molecular weight is 313 g/mol. The summed E-state index contributed by atoms with van der Waals surface area (Å²) in [6, 6.07) is 7.10. The highest BCUT2D eigenvalue weighted by Crippen LogP contribution is 2.26. The van der Waals surface area contributed by atoms with Gasteiger partial charge in [0.2, 0.25) is 0 Å². The minimum Gasteiger partial charge on any atom is -0.504 e. The summed E-state index contributed by atoms with van der Waals surface area (Å²) in [6.45, 7) is 4.70. The highest BCUT2D eigenvalue weighted by molar-refractivity contribution is 5.62. The summed E-state index contributed by atoms with van der Waals surface area (Å²) in [5, 5.41) is 29.5. The van der Waals surface area contributed by atoms with Gasteiger partial charge in [-0.1, -0.05) is 13.0 Å².